The Morgan fingerprint density at radius 1 is 1.41 bits per heavy atom. The van der Waals surface area contributed by atoms with Gasteiger partial charge in [-0.05, 0) is 17.7 Å². The molecule has 2 nitrogen and oxygen atoms in total. The molecule has 4 heteroatoms. The molecule has 1 heterocycles. The van der Waals surface area contributed by atoms with Crippen LogP contribution in [-0.2, 0) is 4.79 Å². The zero-order valence-electron chi connectivity index (χ0n) is 9.13. The fraction of sp³-hybridized carbons (Fsp3) is 0.154. The molecule has 0 spiro atoms. The average molecular weight is 261 g/mol. The van der Waals surface area contributed by atoms with Crippen molar-refractivity contribution in [3.63, 3.8) is 0 Å². The molecule has 1 aliphatic rings. The minimum atomic E-state index is 0.0813. The summed E-state index contributed by atoms with van der Waals surface area (Å²) in [5, 5.41) is 0. The summed E-state index contributed by atoms with van der Waals surface area (Å²) in [7, 11) is 0. The molecule has 0 atom stereocenters. The number of rotatable bonds is 3. The van der Waals surface area contributed by atoms with Crippen LogP contribution in [0.4, 0.5) is 0 Å². The third kappa shape index (κ3) is 3.30. The highest BCUT2D eigenvalue weighted by Gasteiger charge is 2.24. The van der Waals surface area contributed by atoms with Gasteiger partial charge in [0.05, 0.1) is 12.3 Å². The minimum absolute atomic E-state index is 0.0813. The summed E-state index contributed by atoms with van der Waals surface area (Å²) in [6, 6.07) is 9.93. The van der Waals surface area contributed by atoms with E-state index in [0.29, 0.717) is 16.6 Å². The van der Waals surface area contributed by atoms with Gasteiger partial charge in [0.1, 0.15) is 4.32 Å². The van der Waals surface area contributed by atoms with Crippen molar-refractivity contribution in [1.29, 1.82) is 0 Å². The number of benzene rings is 1. The van der Waals surface area contributed by atoms with Crippen molar-refractivity contribution in [3.05, 3.63) is 47.7 Å². The number of thioether (sulfide) groups is 1. The van der Waals surface area contributed by atoms with Crippen LogP contribution >= 0.6 is 24.0 Å². The van der Waals surface area contributed by atoms with Crippen molar-refractivity contribution >= 4 is 40.3 Å². The number of amides is 1. The number of hydrogen-bond acceptors (Lipinski definition) is 3. The molecule has 1 fully saturated rings. The van der Waals surface area contributed by atoms with E-state index in [9.17, 15) is 4.79 Å². The zero-order valence-corrected chi connectivity index (χ0v) is 10.8. The maximum absolute atomic E-state index is 11.4. The summed E-state index contributed by atoms with van der Waals surface area (Å²) in [6.07, 6.45) is 3.71. The number of carbonyl (C=O) groups is 1. The minimum Gasteiger partial charge on any atom is -0.293 e. The summed E-state index contributed by atoms with van der Waals surface area (Å²) in [4.78, 5) is 13.0. The summed E-state index contributed by atoms with van der Waals surface area (Å²) in [5.74, 6) is 0.549. The predicted octanol–water partition coefficient (Wildman–Crippen LogP) is 2.72. The second kappa shape index (κ2) is 5.82. The SMILES string of the molecule is O=C1CSC(=S)N1CC=C=Cc1ccccc1. The molecule has 1 saturated heterocycles. The van der Waals surface area contributed by atoms with E-state index in [4.69, 9.17) is 12.2 Å². The standard InChI is InChI=1S/C13H11NOS2/c15-12-10-17-13(16)14(12)9-5-4-8-11-6-2-1-3-7-11/h1-3,5-8H,9-10H2. The third-order valence-corrected chi connectivity index (χ3v) is 3.71. The Hall–Kier alpha value is -1.35. The Balaban J connectivity index is 1.96. The van der Waals surface area contributed by atoms with Crippen LogP contribution in [-0.4, -0.2) is 27.4 Å². The molecule has 0 saturated carbocycles. The van der Waals surface area contributed by atoms with Gasteiger partial charge in [-0.25, -0.2) is 0 Å². The van der Waals surface area contributed by atoms with E-state index < -0.39 is 0 Å². The Kier molecular flexibility index (Phi) is 4.15. The molecule has 0 radical (unpaired) electrons. The van der Waals surface area contributed by atoms with E-state index in [2.05, 4.69) is 5.73 Å². The fourth-order valence-electron chi connectivity index (χ4n) is 1.41. The normalized spacial score (nSPS) is 14.7. The van der Waals surface area contributed by atoms with Gasteiger partial charge in [0.25, 0.3) is 0 Å². The monoisotopic (exact) mass is 261 g/mol. The topological polar surface area (TPSA) is 20.3 Å². The van der Waals surface area contributed by atoms with E-state index in [1.54, 1.807) is 4.90 Å². The van der Waals surface area contributed by atoms with Crippen molar-refractivity contribution in [1.82, 2.24) is 4.90 Å². The number of hydrogen-bond donors (Lipinski definition) is 0. The second-order valence-electron chi connectivity index (χ2n) is 3.48. The first-order valence-corrected chi connectivity index (χ1v) is 6.60. The van der Waals surface area contributed by atoms with E-state index in [1.807, 2.05) is 42.5 Å². The highest BCUT2D eigenvalue weighted by Crippen LogP contribution is 2.18. The van der Waals surface area contributed by atoms with E-state index >= 15 is 0 Å². The lowest BCUT2D eigenvalue weighted by molar-refractivity contribution is -0.123. The first kappa shape index (κ1) is 12.1. The van der Waals surface area contributed by atoms with Gasteiger partial charge in [-0.2, -0.15) is 0 Å². The molecule has 0 aromatic heterocycles. The zero-order chi connectivity index (χ0) is 12.1. The lowest BCUT2D eigenvalue weighted by Crippen LogP contribution is -2.28. The largest absolute Gasteiger partial charge is 0.293 e. The van der Waals surface area contributed by atoms with Gasteiger partial charge >= 0.3 is 0 Å². The van der Waals surface area contributed by atoms with Crippen molar-refractivity contribution in [2.75, 3.05) is 12.3 Å². The maximum Gasteiger partial charge on any atom is 0.238 e. The first-order valence-electron chi connectivity index (χ1n) is 5.20. The molecule has 0 bridgehead atoms. The van der Waals surface area contributed by atoms with Crippen LogP contribution in [0.25, 0.3) is 6.08 Å². The van der Waals surface area contributed by atoms with Crippen LogP contribution in [0.3, 0.4) is 0 Å². The molecule has 17 heavy (non-hydrogen) atoms. The maximum atomic E-state index is 11.4. The van der Waals surface area contributed by atoms with Crippen molar-refractivity contribution in [3.8, 4) is 0 Å². The molecular formula is C13H11NOS2. The van der Waals surface area contributed by atoms with Crippen molar-refractivity contribution in [2.45, 2.75) is 0 Å². The molecule has 2 rings (SSSR count). The van der Waals surface area contributed by atoms with Crippen molar-refractivity contribution in [2.24, 2.45) is 0 Å². The van der Waals surface area contributed by atoms with Gasteiger partial charge in [-0.1, -0.05) is 54.3 Å². The molecule has 0 aliphatic carbocycles. The van der Waals surface area contributed by atoms with Gasteiger partial charge in [0.2, 0.25) is 5.91 Å². The van der Waals surface area contributed by atoms with Crippen LogP contribution < -0.4 is 0 Å². The molecule has 1 aromatic carbocycles. The highest BCUT2D eigenvalue weighted by atomic mass is 32.2. The van der Waals surface area contributed by atoms with E-state index in [-0.39, 0.29) is 5.91 Å². The third-order valence-electron chi connectivity index (χ3n) is 2.28. The van der Waals surface area contributed by atoms with E-state index in [1.165, 1.54) is 11.8 Å². The van der Waals surface area contributed by atoms with Gasteiger partial charge in [-0.3, -0.25) is 9.69 Å². The Bertz CT molecular complexity index is 473. The van der Waals surface area contributed by atoms with Gasteiger partial charge in [-0.15, -0.1) is 5.73 Å². The Morgan fingerprint density at radius 2 is 2.18 bits per heavy atom. The van der Waals surface area contributed by atoms with Gasteiger partial charge < -0.3 is 0 Å². The Labute approximate surface area is 110 Å². The molecule has 0 unspecified atom stereocenters. The summed E-state index contributed by atoms with van der Waals surface area (Å²) in [6.45, 7) is 0.508. The summed E-state index contributed by atoms with van der Waals surface area (Å²) >= 11 is 6.49. The summed E-state index contributed by atoms with van der Waals surface area (Å²) < 4.78 is 0.660. The number of carbonyl (C=O) groups excluding carboxylic acids is 1. The van der Waals surface area contributed by atoms with Crippen LogP contribution in [0.15, 0.2) is 42.1 Å². The molecule has 1 amide bonds. The Morgan fingerprint density at radius 3 is 2.82 bits per heavy atom. The summed E-state index contributed by atoms with van der Waals surface area (Å²) in [5.41, 5.74) is 4.15. The average Bonchev–Trinajstić information content (AvgIpc) is 2.67. The smallest absolute Gasteiger partial charge is 0.238 e. The van der Waals surface area contributed by atoms with Crippen LogP contribution in [0.5, 0.6) is 0 Å². The molecular weight excluding hydrogens is 250 g/mol. The predicted molar refractivity (Wildman–Crippen MR) is 75.8 cm³/mol. The fourth-order valence-corrected chi connectivity index (χ4v) is 2.49. The van der Waals surface area contributed by atoms with E-state index in [0.717, 1.165) is 5.56 Å². The quantitative estimate of drug-likeness (QED) is 0.616. The molecule has 86 valence electrons. The highest BCUT2D eigenvalue weighted by molar-refractivity contribution is 8.23. The number of nitrogens with zero attached hydrogens (tertiary/aromatic N) is 1. The van der Waals surface area contributed by atoms with Gasteiger partial charge in [0, 0.05) is 0 Å². The lowest BCUT2D eigenvalue weighted by atomic mass is 10.2. The first-order chi connectivity index (χ1) is 8.27. The molecule has 0 N–H and O–H groups in total. The lowest BCUT2D eigenvalue weighted by Gasteiger charge is -2.10. The van der Waals surface area contributed by atoms with Gasteiger partial charge in [0.15, 0.2) is 0 Å². The second-order valence-corrected chi connectivity index (χ2v) is 5.09. The van der Waals surface area contributed by atoms with Crippen molar-refractivity contribution < 1.29 is 4.79 Å². The van der Waals surface area contributed by atoms with Crippen LogP contribution in [0.1, 0.15) is 5.56 Å². The molecule has 1 aromatic rings. The number of thiocarbonyl (C=S) groups is 1. The molecule has 1 aliphatic heterocycles. The van der Waals surface area contributed by atoms with Crippen LogP contribution in [0, 0.1) is 0 Å². The van der Waals surface area contributed by atoms with Crippen LogP contribution in [0.2, 0.25) is 0 Å².